The van der Waals surface area contributed by atoms with E-state index in [-0.39, 0.29) is 5.82 Å². The molecule has 1 aromatic carbocycles. The summed E-state index contributed by atoms with van der Waals surface area (Å²) in [4.78, 5) is 0. The second-order valence-corrected chi connectivity index (χ2v) is 7.03. The number of benzene rings is 1. The first-order valence-corrected chi connectivity index (χ1v) is 8.60. The molecule has 1 nitrogen and oxygen atoms in total. The van der Waals surface area contributed by atoms with Crippen LogP contribution in [0.25, 0.3) is 0 Å². The van der Waals surface area contributed by atoms with Crippen molar-refractivity contribution in [2.45, 2.75) is 71.4 Å². The SMILES string of the molecule is CCCCC(NC1CC(C)CC(C)C1)c1ccc(F)cc1. The van der Waals surface area contributed by atoms with Crippen molar-refractivity contribution in [1.29, 1.82) is 0 Å². The molecule has 3 unspecified atom stereocenters. The van der Waals surface area contributed by atoms with E-state index in [9.17, 15) is 4.39 Å². The fraction of sp³-hybridized carbons (Fsp3) is 0.684. The number of nitrogens with one attached hydrogen (secondary N) is 1. The zero-order chi connectivity index (χ0) is 15.2. The molecule has 0 aromatic heterocycles. The minimum atomic E-state index is -0.145. The Labute approximate surface area is 129 Å². The molecular formula is C19H30FN. The van der Waals surface area contributed by atoms with Gasteiger partial charge in [-0.2, -0.15) is 0 Å². The average Bonchev–Trinajstić information content (AvgIpc) is 2.43. The molecule has 1 aromatic rings. The summed E-state index contributed by atoms with van der Waals surface area (Å²) < 4.78 is 13.1. The minimum Gasteiger partial charge on any atom is -0.307 e. The molecule has 0 bridgehead atoms. The Kier molecular flexibility index (Phi) is 6.22. The van der Waals surface area contributed by atoms with Gasteiger partial charge in [-0.25, -0.2) is 4.39 Å². The Morgan fingerprint density at radius 3 is 2.29 bits per heavy atom. The van der Waals surface area contributed by atoms with Gasteiger partial charge in [-0.05, 0) is 55.2 Å². The third-order valence-electron chi connectivity index (χ3n) is 4.73. The standard InChI is InChI=1S/C19H30FN/c1-4-5-6-19(16-7-9-17(20)10-8-16)21-18-12-14(2)11-15(3)13-18/h7-10,14-15,18-19,21H,4-6,11-13H2,1-3H3. The molecule has 1 aliphatic carbocycles. The summed E-state index contributed by atoms with van der Waals surface area (Å²) in [6.45, 7) is 6.96. The number of unbranched alkanes of at least 4 members (excludes halogenated alkanes) is 1. The molecular weight excluding hydrogens is 261 g/mol. The van der Waals surface area contributed by atoms with Crippen molar-refractivity contribution in [3.05, 3.63) is 35.6 Å². The zero-order valence-corrected chi connectivity index (χ0v) is 13.7. The van der Waals surface area contributed by atoms with Gasteiger partial charge in [0.1, 0.15) is 5.82 Å². The second kappa shape index (κ2) is 7.93. The van der Waals surface area contributed by atoms with Gasteiger partial charge in [0.05, 0.1) is 0 Å². The van der Waals surface area contributed by atoms with Crippen molar-refractivity contribution in [3.8, 4) is 0 Å². The van der Waals surface area contributed by atoms with Crippen LogP contribution >= 0.6 is 0 Å². The predicted octanol–water partition coefficient (Wildman–Crippen LogP) is 5.47. The Morgan fingerprint density at radius 2 is 1.71 bits per heavy atom. The largest absolute Gasteiger partial charge is 0.307 e. The summed E-state index contributed by atoms with van der Waals surface area (Å²) in [5, 5.41) is 3.86. The van der Waals surface area contributed by atoms with Gasteiger partial charge in [0, 0.05) is 12.1 Å². The maximum atomic E-state index is 13.1. The highest BCUT2D eigenvalue weighted by Crippen LogP contribution is 2.31. The number of rotatable bonds is 6. The number of hydrogen-bond donors (Lipinski definition) is 1. The molecule has 1 fully saturated rings. The molecule has 0 amide bonds. The van der Waals surface area contributed by atoms with E-state index in [4.69, 9.17) is 0 Å². The van der Waals surface area contributed by atoms with E-state index in [1.807, 2.05) is 12.1 Å². The first-order valence-electron chi connectivity index (χ1n) is 8.60. The maximum Gasteiger partial charge on any atom is 0.123 e. The third kappa shape index (κ3) is 5.10. The van der Waals surface area contributed by atoms with Crippen molar-refractivity contribution >= 4 is 0 Å². The zero-order valence-electron chi connectivity index (χ0n) is 13.7. The Bertz CT molecular complexity index is 404. The average molecular weight is 291 g/mol. The van der Waals surface area contributed by atoms with E-state index in [0.717, 1.165) is 18.3 Å². The molecule has 0 heterocycles. The Hall–Kier alpha value is -0.890. The van der Waals surface area contributed by atoms with Gasteiger partial charge in [-0.15, -0.1) is 0 Å². The van der Waals surface area contributed by atoms with Crippen LogP contribution in [0.5, 0.6) is 0 Å². The van der Waals surface area contributed by atoms with Crippen molar-refractivity contribution in [3.63, 3.8) is 0 Å². The quantitative estimate of drug-likeness (QED) is 0.732. The van der Waals surface area contributed by atoms with Crippen LogP contribution in [-0.2, 0) is 0 Å². The first kappa shape index (κ1) is 16.5. The second-order valence-electron chi connectivity index (χ2n) is 7.03. The van der Waals surface area contributed by atoms with E-state index in [1.54, 1.807) is 12.1 Å². The van der Waals surface area contributed by atoms with Gasteiger partial charge in [0.2, 0.25) is 0 Å². The summed E-state index contributed by atoms with van der Waals surface area (Å²) in [5.41, 5.74) is 1.23. The van der Waals surface area contributed by atoms with E-state index >= 15 is 0 Å². The summed E-state index contributed by atoms with van der Waals surface area (Å²) in [6.07, 6.45) is 7.46. The highest BCUT2D eigenvalue weighted by Gasteiger charge is 2.26. The predicted molar refractivity (Wildman–Crippen MR) is 87.8 cm³/mol. The number of halogens is 1. The summed E-state index contributed by atoms with van der Waals surface area (Å²) in [7, 11) is 0. The summed E-state index contributed by atoms with van der Waals surface area (Å²) in [6, 6.07) is 8.03. The van der Waals surface area contributed by atoms with Gasteiger partial charge >= 0.3 is 0 Å². The topological polar surface area (TPSA) is 12.0 Å². The lowest BCUT2D eigenvalue weighted by atomic mass is 9.80. The van der Waals surface area contributed by atoms with Crippen LogP contribution in [0.3, 0.4) is 0 Å². The molecule has 0 saturated heterocycles. The lowest BCUT2D eigenvalue weighted by Crippen LogP contribution is -2.38. The fourth-order valence-corrected chi connectivity index (χ4v) is 3.82. The molecule has 0 radical (unpaired) electrons. The molecule has 1 N–H and O–H groups in total. The molecule has 2 rings (SSSR count). The van der Waals surface area contributed by atoms with Gasteiger partial charge in [-0.1, -0.05) is 45.7 Å². The van der Waals surface area contributed by atoms with Crippen LogP contribution in [0.4, 0.5) is 4.39 Å². The summed E-state index contributed by atoms with van der Waals surface area (Å²) in [5.74, 6) is 1.48. The normalized spacial score (nSPS) is 27.5. The van der Waals surface area contributed by atoms with E-state index in [2.05, 4.69) is 26.1 Å². The monoisotopic (exact) mass is 291 g/mol. The van der Waals surface area contributed by atoms with Gasteiger partial charge < -0.3 is 5.32 Å². The summed E-state index contributed by atoms with van der Waals surface area (Å²) >= 11 is 0. The van der Waals surface area contributed by atoms with Crippen molar-refractivity contribution in [2.24, 2.45) is 11.8 Å². The molecule has 0 aliphatic heterocycles. The van der Waals surface area contributed by atoms with Crippen LogP contribution in [0.15, 0.2) is 24.3 Å². The molecule has 2 heteroatoms. The smallest absolute Gasteiger partial charge is 0.123 e. The van der Waals surface area contributed by atoms with Crippen LogP contribution in [0.1, 0.15) is 70.9 Å². The van der Waals surface area contributed by atoms with Gasteiger partial charge in [-0.3, -0.25) is 0 Å². The van der Waals surface area contributed by atoms with Crippen LogP contribution in [-0.4, -0.2) is 6.04 Å². The van der Waals surface area contributed by atoms with Gasteiger partial charge in [0.25, 0.3) is 0 Å². The van der Waals surface area contributed by atoms with E-state index in [0.29, 0.717) is 12.1 Å². The Morgan fingerprint density at radius 1 is 1.10 bits per heavy atom. The molecule has 118 valence electrons. The van der Waals surface area contributed by atoms with E-state index < -0.39 is 0 Å². The van der Waals surface area contributed by atoms with E-state index in [1.165, 1.54) is 37.7 Å². The minimum absolute atomic E-state index is 0.145. The fourth-order valence-electron chi connectivity index (χ4n) is 3.82. The molecule has 1 saturated carbocycles. The molecule has 21 heavy (non-hydrogen) atoms. The van der Waals surface area contributed by atoms with Crippen LogP contribution in [0, 0.1) is 17.7 Å². The molecule has 1 aliphatic rings. The van der Waals surface area contributed by atoms with Crippen molar-refractivity contribution in [1.82, 2.24) is 5.32 Å². The number of hydrogen-bond acceptors (Lipinski definition) is 1. The lowest BCUT2D eigenvalue weighted by molar-refractivity contribution is 0.222. The molecule has 3 atom stereocenters. The van der Waals surface area contributed by atoms with Crippen molar-refractivity contribution in [2.75, 3.05) is 0 Å². The lowest BCUT2D eigenvalue weighted by Gasteiger charge is -2.35. The Balaban J connectivity index is 2.03. The third-order valence-corrected chi connectivity index (χ3v) is 4.73. The highest BCUT2D eigenvalue weighted by atomic mass is 19.1. The molecule has 0 spiro atoms. The van der Waals surface area contributed by atoms with Crippen LogP contribution in [0.2, 0.25) is 0 Å². The maximum absolute atomic E-state index is 13.1. The van der Waals surface area contributed by atoms with Gasteiger partial charge in [0.15, 0.2) is 0 Å². The first-order chi connectivity index (χ1) is 10.1. The highest BCUT2D eigenvalue weighted by molar-refractivity contribution is 5.20. The van der Waals surface area contributed by atoms with Crippen LogP contribution < -0.4 is 5.32 Å². The van der Waals surface area contributed by atoms with Crippen molar-refractivity contribution < 1.29 is 4.39 Å².